The summed E-state index contributed by atoms with van der Waals surface area (Å²) >= 11 is 0. The van der Waals surface area contributed by atoms with Crippen molar-refractivity contribution in [3.63, 3.8) is 0 Å². The van der Waals surface area contributed by atoms with Gasteiger partial charge in [-0.3, -0.25) is 0 Å². The third-order valence-corrected chi connectivity index (χ3v) is 10.9. The summed E-state index contributed by atoms with van der Waals surface area (Å²) in [7, 11) is 0. The summed E-state index contributed by atoms with van der Waals surface area (Å²) in [5.41, 5.74) is 3.83. The van der Waals surface area contributed by atoms with Gasteiger partial charge in [0.1, 0.15) is 0 Å². The van der Waals surface area contributed by atoms with E-state index in [1.165, 1.54) is 35.5 Å². The van der Waals surface area contributed by atoms with Crippen molar-refractivity contribution in [2.45, 2.75) is 39.0 Å². The highest BCUT2D eigenvalue weighted by Crippen LogP contribution is 3.13. The highest BCUT2D eigenvalue weighted by molar-refractivity contribution is 5.55. The summed E-state index contributed by atoms with van der Waals surface area (Å²) in [4.78, 5) is 0. The summed E-state index contributed by atoms with van der Waals surface area (Å²) in [6, 6.07) is 0. The predicted octanol–water partition coefficient (Wildman–Crippen LogP) is 3.32. The van der Waals surface area contributed by atoms with Crippen LogP contribution in [0, 0.1) is 63.1 Å². The van der Waals surface area contributed by atoms with Crippen molar-refractivity contribution in [1.82, 2.24) is 0 Å². The third kappa shape index (κ3) is 0.327. The zero-order chi connectivity index (χ0) is 10.6. The third-order valence-electron chi connectivity index (χ3n) is 10.9. The maximum atomic E-state index is 2.68. The Bertz CT molecular complexity index is 552. The number of fused-ring (bicyclic) bond motifs is 1. The topological polar surface area (TPSA) is 0 Å². The number of rotatable bonds is 0. The molecule has 17 heavy (non-hydrogen) atoms. The van der Waals surface area contributed by atoms with Crippen LogP contribution in [0.3, 0.4) is 0 Å². The predicted molar refractivity (Wildman–Crippen MR) is 62.9 cm³/mol. The average Bonchev–Trinajstić information content (AvgIpc) is 2.81. The first-order valence-corrected chi connectivity index (χ1v) is 8.23. The summed E-state index contributed by atoms with van der Waals surface area (Å²) in [6.07, 6.45) is 8.60. The smallest absolute Gasteiger partial charge is 0.0133 e. The largest absolute Gasteiger partial charge is 0.0619 e. The summed E-state index contributed by atoms with van der Waals surface area (Å²) in [5, 5.41) is 0. The van der Waals surface area contributed by atoms with E-state index in [4.69, 9.17) is 0 Å². The fourth-order valence-corrected chi connectivity index (χ4v) is 11.9. The van der Waals surface area contributed by atoms with Gasteiger partial charge in [-0.1, -0.05) is 6.92 Å². The molecule has 0 aliphatic heterocycles. The van der Waals surface area contributed by atoms with E-state index in [0.717, 1.165) is 27.6 Å². The molecule has 9 rings (SSSR count). The van der Waals surface area contributed by atoms with Crippen LogP contribution in [-0.4, -0.2) is 0 Å². The minimum absolute atomic E-state index is 0.910. The van der Waals surface area contributed by atoms with Gasteiger partial charge in [0.2, 0.25) is 0 Å². The van der Waals surface area contributed by atoms with Crippen molar-refractivity contribution in [1.29, 1.82) is 0 Å². The van der Waals surface area contributed by atoms with Crippen molar-refractivity contribution in [3.05, 3.63) is 0 Å². The van der Waals surface area contributed by atoms with Crippen molar-refractivity contribution in [3.8, 4) is 0 Å². The molecule has 5 bridgehead atoms. The molecule has 0 saturated heterocycles. The first-order chi connectivity index (χ1) is 8.23. The standard InChI is InChI=1S/C17H20/c1-7-2-14-4-10-11-12-8-3-15(12,6-14)16(5-9(8)14)13(11)17(7,10)16/h7-13H,2-6H2,1H3. The Kier molecular flexibility index (Phi) is 0.640. The Morgan fingerprint density at radius 2 is 1.94 bits per heavy atom. The molecular formula is C17H20. The van der Waals surface area contributed by atoms with Crippen LogP contribution in [0.15, 0.2) is 0 Å². The normalized spacial score (nSPS) is 96.9. The molecule has 9 aliphatic rings. The summed E-state index contributed by atoms with van der Waals surface area (Å²) in [5.74, 6) is 8.73. The van der Waals surface area contributed by atoms with E-state index in [1.54, 1.807) is 32.1 Å². The molecule has 0 aromatic carbocycles. The molecule has 88 valence electrons. The molecule has 0 N–H and O–H groups in total. The Hall–Kier alpha value is 0. The molecule has 0 nitrogen and oxygen atoms in total. The summed E-state index contributed by atoms with van der Waals surface area (Å²) < 4.78 is 0. The van der Waals surface area contributed by atoms with Gasteiger partial charge in [0, 0.05) is 0 Å². The van der Waals surface area contributed by atoms with E-state index in [2.05, 4.69) is 6.92 Å². The van der Waals surface area contributed by atoms with Gasteiger partial charge in [-0.15, -0.1) is 0 Å². The molecule has 0 radical (unpaired) electrons. The molecular weight excluding hydrogens is 204 g/mol. The molecule has 0 heterocycles. The lowest BCUT2D eigenvalue weighted by molar-refractivity contribution is -0.272. The van der Waals surface area contributed by atoms with Crippen LogP contribution < -0.4 is 0 Å². The van der Waals surface area contributed by atoms with Crippen molar-refractivity contribution >= 4 is 0 Å². The molecule has 0 aromatic heterocycles. The maximum absolute atomic E-state index is 2.68. The lowest BCUT2D eigenvalue weighted by Crippen LogP contribution is -2.69. The van der Waals surface area contributed by atoms with Gasteiger partial charge in [0.15, 0.2) is 0 Å². The molecule has 0 heteroatoms. The van der Waals surface area contributed by atoms with Crippen molar-refractivity contribution in [2.24, 2.45) is 63.1 Å². The first kappa shape index (κ1) is 7.56. The van der Waals surface area contributed by atoms with Crippen molar-refractivity contribution in [2.75, 3.05) is 0 Å². The monoisotopic (exact) mass is 224 g/mol. The maximum Gasteiger partial charge on any atom is -0.0133 e. The van der Waals surface area contributed by atoms with Gasteiger partial charge < -0.3 is 0 Å². The van der Waals surface area contributed by atoms with Crippen LogP contribution in [-0.2, 0) is 0 Å². The second-order valence-corrected chi connectivity index (χ2v) is 9.77. The second-order valence-electron chi connectivity index (χ2n) is 9.77. The average molecular weight is 224 g/mol. The van der Waals surface area contributed by atoms with Crippen LogP contribution in [0.1, 0.15) is 39.0 Å². The van der Waals surface area contributed by atoms with Crippen LogP contribution >= 0.6 is 0 Å². The Balaban J connectivity index is 1.67. The summed E-state index contributed by atoms with van der Waals surface area (Å²) in [6.45, 7) is 2.68. The highest BCUT2D eigenvalue weighted by atomic mass is 15.1. The molecule has 11 atom stereocenters. The van der Waals surface area contributed by atoms with Crippen LogP contribution in [0.25, 0.3) is 0 Å². The molecule has 9 fully saturated rings. The molecule has 9 aliphatic carbocycles. The zero-order valence-corrected chi connectivity index (χ0v) is 10.6. The Morgan fingerprint density at radius 3 is 2.82 bits per heavy atom. The van der Waals surface area contributed by atoms with Crippen LogP contribution in [0.4, 0.5) is 0 Å². The van der Waals surface area contributed by atoms with Gasteiger partial charge in [0.05, 0.1) is 0 Å². The van der Waals surface area contributed by atoms with E-state index in [0.29, 0.717) is 0 Å². The molecule has 0 amide bonds. The van der Waals surface area contributed by atoms with E-state index in [-0.39, 0.29) is 0 Å². The minimum atomic E-state index is 0.910. The van der Waals surface area contributed by atoms with Gasteiger partial charge in [-0.25, -0.2) is 0 Å². The van der Waals surface area contributed by atoms with Gasteiger partial charge in [-0.05, 0) is 95.2 Å². The molecule has 11 unspecified atom stereocenters. The quantitative estimate of drug-likeness (QED) is 0.592. The number of hydrogen-bond donors (Lipinski definition) is 0. The van der Waals surface area contributed by atoms with E-state index in [1.807, 2.05) is 0 Å². The minimum Gasteiger partial charge on any atom is -0.0619 e. The van der Waals surface area contributed by atoms with E-state index in [9.17, 15) is 0 Å². The lowest BCUT2D eigenvalue weighted by atomic mass is 9.29. The van der Waals surface area contributed by atoms with Gasteiger partial charge >= 0.3 is 0 Å². The van der Waals surface area contributed by atoms with Crippen molar-refractivity contribution < 1.29 is 0 Å². The first-order valence-electron chi connectivity index (χ1n) is 8.23. The fraction of sp³-hybridized carbons (Fsp3) is 1.00. The molecule has 9 saturated carbocycles. The van der Waals surface area contributed by atoms with Gasteiger partial charge in [-0.2, -0.15) is 0 Å². The molecule has 4 spiro atoms. The fourth-order valence-electron chi connectivity index (χ4n) is 11.9. The zero-order valence-electron chi connectivity index (χ0n) is 10.6. The van der Waals surface area contributed by atoms with Gasteiger partial charge in [0.25, 0.3) is 0 Å². The Morgan fingerprint density at radius 1 is 1.00 bits per heavy atom. The molecule has 0 aromatic rings. The van der Waals surface area contributed by atoms with E-state index < -0.39 is 0 Å². The van der Waals surface area contributed by atoms with Crippen LogP contribution in [0.2, 0.25) is 0 Å². The Labute approximate surface area is 103 Å². The van der Waals surface area contributed by atoms with Crippen LogP contribution in [0.5, 0.6) is 0 Å². The lowest BCUT2D eigenvalue weighted by Gasteiger charge is -2.75. The number of hydrogen-bond acceptors (Lipinski definition) is 0. The second kappa shape index (κ2) is 1.44. The SMILES string of the molecule is CC1CC23CC4C5C6C7CC6(C2)C2(CC73)C5C142. The highest BCUT2D eigenvalue weighted by Gasteiger charge is 3.08. The van der Waals surface area contributed by atoms with E-state index >= 15 is 0 Å².